The Labute approximate surface area is 187 Å². The number of piperidine rings is 1. The predicted molar refractivity (Wildman–Crippen MR) is 124 cm³/mol. The molecular weight excluding hydrogens is 422 g/mol. The molecule has 1 fully saturated rings. The van der Waals surface area contributed by atoms with E-state index >= 15 is 0 Å². The van der Waals surface area contributed by atoms with Crippen LogP contribution in [0, 0.1) is 0 Å². The van der Waals surface area contributed by atoms with Crippen molar-refractivity contribution < 1.29 is 13.2 Å². The molecule has 1 aromatic heterocycles. The summed E-state index contributed by atoms with van der Waals surface area (Å²) >= 11 is 0. The number of benzene rings is 3. The third-order valence-corrected chi connectivity index (χ3v) is 8.32. The van der Waals surface area contributed by atoms with Gasteiger partial charge in [0.05, 0.1) is 11.4 Å². The van der Waals surface area contributed by atoms with Gasteiger partial charge in [0.15, 0.2) is 5.03 Å². The number of hydrogen-bond acceptors (Lipinski definition) is 5. The van der Waals surface area contributed by atoms with Gasteiger partial charge in [0, 0.05) is 17.3 Å². The van der Waals surface area contributed by atoms with Crippen LogP contribution in [0.15, 0.2) is 70.6 Å². The maximum absolute atomic E-state index is 13.8. The Morgan fingerprint density at radius 1 is 0.906 bits per heavy atom. The molecule has 4 aromatic rings. The summed E-state index contributed by atoms with van der Waals surface area (Å²) < 4.78 is 35.7. The van der Waals surface area contributed by atoms with E-state index in [1.165, 1.54) is 19.3 Å². The van der Waals surface area contributed by atoms with Crippen LogP contribution in [0.3, 0.4) is 0 Å². The SMILES string of the molecule is O=S(=O)(c1cccc2ccccc12)c1nn2c3c(cccc13)OC(CN1CCCCC1)C2. The Kier molecular flexibility index (Phi) is 4.69. The van der Waals surface area contributed by atoms with Gasteiger partial charge in [-0.1, -0.05) is 48.9 Å². The van der Waals surface area contributed by atoms with Gasteiger partial charge < -0.3 is 4.74 Å². The number of nitrogens with zero attached hydrogens (tertiary/aromatic N) is 3. The Morgan fingerprint density at radius 2 is 1.66 bits per heavy atom. The van der Waals surface area contributed by atoms with Crippen molar-refractivity contribution in [3.05, 3.63) is 60.7 Å². The smallest absolute Gasteiger partial charge is 0.226 e. The van der Waals surface area contributed by atoms with E-state index in [1.807, 2.05) is 53.2 Å². The van der Waals surface area contributed by atoms with Gasteiger partial charge in [-0.15, -0.1) is 0 Å². The molecule has 3 aromatic carbocycles. The zero-order chi connectivity index (χ0) is 21.7. The molecule has 6 rings (SSSR count). The first-order valence-corrected chi connectivity index (χ1v) is 12.7. The molecule has 1 unspecified atom stereocenters. The number of sulfone groups is 1. The Hall–Kier alpha value is -2.90. The molecule has 0 N–H and O–H groups in total. The largest absolute Gasteiger partial charge is 0.485 e. The van der Waals surface area contributed by atoms with E-state index in [-0.39, 0.29) is 16.0 Å². The highest BCUT2D eigenvalue weighted by molar-refractivity contribution is 7.91. The van der Waals surface area contributed by atoms with Crippen LogP contribution in [-0.2, 0) is 16.4 Å². The lowest BCUT2D eigenvalue weighted by Gasteiger charge is -2.32. The Bertz CT molecular complexity index is 1420. The zero-order valence-corrected chi connectivity index (χ0v) is 18.6. The fourth-order valence-corrected chi connectivity index (χ4v) is 6.67. The summed E-state index contributed by atoms with van der Waals surface area (Å²) in [4.78, 5) is 2.73. The van der Waals surface area contributed by atoms with Crippen LogP contribution in [0.1, 0.15) is 19.3 Å². The van der Waals surface area contributed by atoms with E-state index in [0.717, 1.165) is 30.5 Å². The van der Waals surface area contributed by atoms with Crippen LogP contribution >= 0.6 is 0 Å². The quantitative estimate of drug-likeness (QED) is 0.468. The first-order chi connectivity index (χ1) is 15.6. The molecule has 0 radical (unpaired) electrons. The van der Waals surface area contributed by atoms with Gasteiger partial charge in [-0.05, 0) is 49.5 Å². The summed E-state index contributed by atoms with van der Waals surface area (Å²) in [5.74, 6) is 0.711. The summed E-state index contributed by atoms with van der Waals surface area (Å²) in [6, 6.07) is 18.5. The first-order valence-electron chi connectivity index (χ1n) is 11.2. The molecule has 164 valence electrons. The van der Waals surface area contributed by atoms with E-state index in [4.69, 9.17) is 4.74 Å². The van der Waals surface area contributed by atoms with Crippen LogP contribution in [0.5, 0.6) is 5.75 Å². The van der Waals surface area contributed by atoms with Gasteiger partial charge in [0.25, 0.3) is 0 Å². The zero-order valence-electron chi connectivity index (χ0n) is 17.8. The van der Waals surface area contributed by atoms with Gasteiger partial charge in [0.2, 0.25) is 9.84 Å². The Morgan fingerprint density at radius 3 is 2.53 bits per heavy atom. The molecule has 0 spiro atoms. The summed E-state index contributed by atoms with van der Waals surface area (Å²) in [5.41, 5.74) is 0.765. The van der Waals surface area contributed by atoms with Crippen LogP contribution < -0.4 is 4.74 Å². The Balaban J connectivity index is 1.43. The number of likely N-dealkylation sites (tertiary alicyclic amines) is 1. The lowest BCUT2D eigenvalue weighted by molar-refractivity contribution is 0.0974. The maximum atomic E-state index is 13.8. The fraction of sp³-hybridized carbons (Fsp3) is 0.320. The topological polar surface area (TPSA) is 64.4 Å². The van der Waals surface area contributed by atoms with Gasteiger partial charge in [-0.3, -0.25) is 9.58 Å². The van der Waals surface area contributed by atoms with Crippen LogP contribution in [0.2, 0.25) is 0 Å². The average molecular weight is 448 g/mol. The standard InChI is InChI=1S/C25H25N3O3S/c29-32(30,23-13-6-9-18-8-2-3-10-20(18)23)25-21-11-7-12-22-24(21)28(26-25)17-19(31-22)16-27-14-4-1-5-15-27/h2-3,6-13,19H,1,4-5,14-17H2. The molecular formula is C25H25N3O3S. The highest BCUT2D eigenvalue weighted by atomic mass is 32.2. The predicted octanol–water partition coefficient (Wildman–Crippen LogP) is 4.27. The molecule has 1 atom stereocenters. The molecule has 2 aliphatic rings. The molecule has 0 aliphatic carbocycles. The van der Waals surface area contributed by atoms with Gasteiger partial charge in [-0.2, -0.15) is 5.10 Å². The first kappa shape index (κ1) is 19.8. The van der Waals surface area contributed by atoms with Crippen LogP contribution in [0.25, 0.3) is 21.7 Å². The monoisotopic (exact) mass is 447 g/mol. The van der Waals surface area contributed by atoms with Crippen molar-refractivity contribution in [2.24, 2.45) is 0 Å². The van der Waals surface area contributed by atoms with Crippen molar-refractivity contribution in [3.8, 4) is 5.75 Å². The maximum Gasteiger partial charge on any atom is 0.226 e. The number of para-hydroxylation sites is 1. The van der Waals surface area contributed by atoms with E-state index in [2.05, 4.69) is 10.00 Å². The van der Waals surface area contributed by atoms with Gasteiger partial charge in [0.1, 0.15) is 17.4 Å². The lowest BCUT2D eigenvalue weighted by Crippen LogP contribution is -2.42. The minimum atomic E-state index is -3.81. The highest BCUT2D eigenvalue weighted by Gasteiger charge is 2.32. The van der Waals surface area contributed by atoms with E-state index < -0.39 is 9.84 Å². The van der Waals surface area contributed by atoms with Crippen molar-refractivity contribution in [3.63, 3.8) is 0 Å². The minimum Gasteiger partial charge on any atom is -0.485 e. The van der Waals surface area contributed by atoms with E-state index in [9.17, 15) is 8.42 Å². The lowest BCUT2D eigenvalue weighted by atomic mass is 10.1. The highest BCUT2D eigenvalue weighted by Crippen LogP contribution is 2.37. The van der Waals surface area contributed by atoms with Gasteiger partial charge in [-0.25, -0.2) is 8.42 Å². The third-order valence-electron chi connectivity index (χ3n) is 6.57. The van der Waals surface area contributed by atoms with E-state index in [1.54, 1.807) is 12.1 Å². The van der Waals surface area contributed by atoms with Crippen molar-refractivity contribution >= 4 is 31.5 Å². The summed E-state index contributed by atoms with van der Waals surface area (Å²) in [6.07, 6.45) is 3.70. The number of fused-ring (bicyclic) bond motifs is 1. The molecule has 2 aliphatic heterocycles. The van der Waals surface area contributed by atoms with E-state index in [0.29, 0.717) is 23.1 Å². The number of hydrogen-bond donors (Lipinski definition) is 0. The number of rotatable bonds is 4. The molecule has 0 amide bonds. The second-order valence-electron chi connectivity index (χ2n) is 8.72. The number of ether oxygens (including phenoxy) is 1. The molecule has 6 nitrogen and oxygen atoms in total. The fourth-order valence-electron chi connectivity index (χ4n) is 5.07. The summed E-state index contributed by atoms with van der Waals surface area (Å²) in [5, 5.41) is 6.98. The average Bonchev–Trinajstić information content (AvgIpc) is 3.20. The molecule has 32 heavy (non-hydrogen) atoms. The second-order valence-corrected chi connectivity index (χ2v) is 10.6. The minimum absolute atomic E-state index is 0.0424. The number of aromatic nitrogens is 2. The van der Waals surface area contributed by atoms with Crippen molar-refractivity contribution in [2.75, 3.05) is 19.6 Å². The van der Waals surface area contributed by atoms with Crippen molar-refractivity contribution in [1.29, 1.82) is 0 Å². The molecule has 3 heterocycles. The van der Waals surface area contributed by atoms with Gasteiger partial charge >= 0.3 is 0 Å². The normalized spacial score (nSPS) is 19.3. The van der Waals surface area contributed by atoms with Crippen LogP contribution in [0.4, 0.5) is 0 Å². The van der Waals surface area contributed by atoms with Crippen molar-refractivity contribution in [1.82, 2.24) is 14.7 Å². The molecule has 7 heteroatoms. The van der Waals surface area contributed by atoms with Crippen molar-refractivity contribution in [2.45, 2.75) is 41.8 Å². The summed E-state index contributed by atoms with van der Waals surface area (Å²) in [6.45, 7) is 3.57. The molecule has 1 saturated heterocycles. The van der Waals surface area contributed by atoms with Crippen LogP contribution in [-0.4, -0.2) is 48.8 Å². The third kappa shape index (κ3) is 3.19. The molecule has 0 saturated carbocycles. The summed E-state index contributed by atoms with van der Waals surface area (Å²) in [7, 11) is -3.81. The molecule has 0 bridgehead atoms. The second kappa shape index (κ2) is 7.60.